The minimum absolute atomic E-state index is 0.0110. The lowest BCUT2D eigenvalue weighted by Gasteiger charge is -2.19. The van der Waals surface area contributed by atoms with Crippen LogP contribution >= 0.6 is 0 Å². The highest BCUT2D eigenvalue weighted by Crippen LogP contribution is 2.06. The zero-order valence-electron chi connectivity index (χ0n) is 9.78. The molecule has 0 saturated carbocycles. The Balaban J connectivity index is 3.36. The summed E-state index contributed by atoms with van der Waals surface area (Å²) in [5.41, 5.74) is 4.53. The molecule has 0 aromatic rings. The van der Waals surface area contributed by atoms with Gasteiger partial charge in [-0.15, -0.1) is 0 Å². The van der Waals surface area contributed by atoms with Crippen molar-refractivity contribution in [3.8, 4) is 0 Å². The maximum absolute atomic E-state index is 11.2. The van der Waals surface area contributed by atoms with E-state index in [9.17, 15) is 4.79 Å². The molecular weight excluding hydrogens is 196 g/mol. The molecule has 0 aliphatic rings. The van der Waals surface area contributed by atoms with Gasteiger partial charge in [0.2, 0.25) is 0 Å². The van der Waals surface area contributed by atoms with E-state index in [1.807, 2.05) is 20.8 Å². The van der Waals surface area contributed by atoms with Crippen LogP contribution in [-0.4, -0.2) is 31.3 Å². The standard InChI is InChI=1S/C10H20N2O3/c1-10(2,3)15-9(13)8-14-7-5-4-6-12-11/h11H,4-8H2,1-3H3/p+1. The molecule has 0 aromatic heterocycles. The highest BCUT2D eigenvalue weighted by molar-refractivity contribution is 5.71. The van der Waals surface area contributed by atoms with Crippen molar-refractivity contribution in [2.75, 3.05) is 19.8 Å². The number of nitrogens with zero attached hydrogens (tertiary/aromatic N) is 1. The molecule has 0 aliphatic carbocycles. The molecular formula is C10H21N2O3+. The molecule has 15 heavy (non-hydrogen) atoms. The number of unbranched alkanes of at least 4 members (excludes halogenated alkanes) is 1. The third-order valence-corrected chi connectivity index (χ3v) is 1.47. The molecule has 0 amide bonds. The van der Waals surface area contributed by atoms with Gasteiger partial charge in [0.25, 0.3) is 0 Å². The van der Waals surface area contributed by atoms with E-state index in [1.54, 1.807) is 0 Å². The first-order chi connectivity index (χ1) is 6.95. The lowest BCUT2D eigenvalue weighted by Crippen LogP contribution is -2.26. The molecule has 0 aliphatic heterocycles. The fraction of sp³-hybridized carbons (Fsp3) is 0.900. The van der Waals surface area contributed by atoms with Gasteiger partial charge in [-0.05, 0) is 38.7 Å². The summed E-state index contributed by atoms with van der Waals surface area (Å²) in [5.74, 6) is -0.328. The summed E-state index contributed by atoms with van der Waals surface area (Å²) >= 11 is 0. The normalized spacial score (nSPS) is 11.1. The van der Waals surface area contributed by atoms with Crippen LogP contribution in [0, 0.1) is 0 Å². The fourth-order valence-electron chi connectivity index (χ4n) is 0.934. The van der Waals surface area contributed by atoms with Crippen LogP contribution in [-0.2, 0) is 14.3 Å². The first-order valence-corrected chi connectivity index (χ1v) is 5.12. The smallest absolute Gasteiger partial charge is 0.332 e. The average molecular weight is 217 g/mol. The fourth-order valence-corrected chi connectivity index (χ4v) is 0.934. The number of rotatable bonds is 7. The Hall–Kier alpha value is -0.970. The van der Waals surface area contributed by atoms with Crippen LogP contribution in [0.2, 0.25) is 0 Å². The molecule has 0 rings (SSSR count). The van der Waals surface area contributed by atoms with Gasteiger partial charge < -0.3 is 9.47 Å². The monoisotopic (exact) mass is 217 g/mol. The van der Waals surface area contributed by atoms with E-state index in [-0.39, 0.29) is 12.6 Å². The van der Waals surface area contributed by atoms with Crippen LogP contribution in [0.1, 0.15) is 33.6 Å². The Kier molecular flexibility index (Phi) is 6.86. The summed E-state index contributed by atoms with van der Waals surface area (Å²) < 4.78 is 10.2. The molecule has 5 nitrogen and oxygen atoms in total. The number of esters is 1. The van der Waals surface area contributed by atoms with Crippen molar-refractivity contribution >= 4 is 5.97 Å². The van der Waals surface area contributed by atoms with Crippen molar-refractivity contribution in [2.45, 2.75) is 39.2 Å². The van der Waals surface area contributed by atoms with Gasteiger partial charge in [-0.3, -0.25) is 0 Å². The third-order valence-electron chi connectivity index (χ3n) is 1.47. The lowest BCUT2D eigenvalue weighted by atomic mass is 10.2. The van der Waals surface area contributed by atoms with Gasteiger partial charge in [-0.1, -0.05) is 0 Å². The maximum atomic E-state index is 11.2. The van der Waals surface area contributed by atoms with E-state index in [0.717, 1.165) is 12.8 Å². The Labute approximate surface area is 90.6 Å². The van der Waals surface area contributed by atoms with Crippen molar-refractivity contribution < 1.29 is 19.8 Å². The summed E-state index contributed by atoms with van der Waals surface area (Å²) in [4.78, 5) is 11.2. The van der Waals surface area contributed by atoms with Crippen LogP contribution in [0.3, 0.4) is 0 Å². The van der Waals surface area contributed by atoms with Gasteiger partial charge in [0.05, 0.1) is 0 Å². The molecule has 0 bridgehead atoms. The Morgan fingerprint density at radius 1 is 1.33 bits per heavy atom. The van der Waals surface area contributed by atoms with Crippen molar-refractivity contribution in [3.05, 3.63) is 0 Å². The van der Waals surface area contributed by atoms with Crippen LogP contribution in [0.5, 0.6) is 0 Å². The number of hydrogen-bond acceptors (Lipinski definition) is 4. The van der Waals surface area contributed by atoms with Gasteiger partial charge >= 0.3 is 5.97 Å². The molecule has 2 N–H and O–H groups in total. The number of hydrogen-bond donors (Lipinski definition) is 1. The van der Waals surface area contributed by atoms with Crippen molar-refractivity contribution in [2.24, 2.45) is 5.11 Å². The molecule has 0 radical (unpaired) electrons. The third kappa shape index (κ3) is 11.0. The van der Waals surface area contributed by atoms with E-state index >= 15 is 0 Å². The molecule has 5 heteroatoms. The lowest BCUT2D eigenvalue weighted by molar-refractivity contribution is -0.222. The first kappa shape index (κ1) is 14.0. The van der Waals surface area contributed by atoms with Crippen molar-refractivity contribution in [1.82, 2.24) is 0 Å². The van der Waals surface area contributed by atoms with E-state index in [2.05, 4.69) is 5.11 Å². The number of carbonyl (C=O) groups excluding carboxylic acids is 1. The second kappa shape index (κ2) is 7.34. The summed E-state index contributed by atoms with van der Waals surface area (Å²) in [6, 6.07) is 0. The Morgan fingerprint density at radius 2 is 2.00 bits per heavy atom. The van der Waals surface area contributed by atoms with Crippen LogP contribution in [0.15, 0.2) is 5.11 Å². The number of ether oxygens (including phenoxy) is 2. The summed E-state index contributed by atoms with van der Waals surface area (Å²) in [6.07, 6.45) is 1.73. The molecule has 0 aromatic carbocycles. The van der Waals surface area contributed by atoms with E-state index in [4.69, 9.17) is 15.0 Å². The second-order valence-corrected chi connectivity index (χ2v) is 4.25. The van der Waals surface area contributed by atoms with Crippen molar-refractivity contribution in [3.63, 3.8) is 0 Å². The van der Waals surface area contributed by atoms with E-state index < -0.39 is 5.60 Å². The first-order valence-electron chi connectivity index (χ1n) is 5.12. The average Bonchev–Trinajstić information content (AvgIpc) is 2.08. The maximum Gasteiger partial charge on any atom is 0.332 e. The predicted molar refractivity (Wildman–Crippen MR) is 55.1 cm³/mol. The minimum Gasteiger partial charge on any atom is -0.458 e. The van der Waals surface area contributed by atoms with Gasteiger partial charge in [0.15, 0.2) is 0 Å². The number of carbonyl (C=O) groups is 1. The van der Waals surface area contributed by atoms with Gasteiger partial charge in [0, 0.05) is 6.61 Å². The summed E-state index contributed by atoms with van der Waals surface area (Å²) in [5, 5.41) is 3.47. The summed E-state index contributed by atoms with van der Waals surface area (Å²) in [7, 11) is 0. The molecule has 0 spiro atoms. The zero-order chi connectivity index (χ0) is 11.7. The number of nitrogens with two attached hydrogens (primary N) is 1. The minimum atomic E-state index is -0.446. The highest BCUT2D eigenvalue weighted by Gasteiger charge is 2.15. The van der Waals surface area contributed by atoms with Crippen molar-refractivity contribution in [1.29, 1.82) is 0 Å². The largest absolute Gasteiger partial charge is 0.458 e. The second-order valence-electron chi connectivity index (χ2n) is 4.25. The zero-order valence-corrected chi connectivity index (χ0v) is 9.78. The Morgan fingerprint density at radius 3 is 2.53 bits per heavy atom. The predicted octanol–water partition coefficient (Wildman–Crippen LogP) is 0.336. The topological polar surface area (TPSA) is 73.5 Å². The van der Waals surface area contributed by atoms with Gasteiger partial charge in [0.1, 0.15) is 18.8 Å². The SMILES string of the molecule is CC(C)(C)OC(=O)COCCCCN=[NH2+]. The van der Waals surface area contributed by atoms with Crippen LogP contribution in [0.25, 0.3) is 0 Å². The van der Waals surface area contributed by atoms with E-state index in [0.29, 0.717) is 13.2 Å². The summed E-state index contributed by atoms with van der Waals surface area (Å²) in [6.45, 7) is 6.66. The molecule has 0 fully saturated rings. The van der Waals surface area contributed by atoms with Crippen LogP contribution < -0.4 is 5.53 Å². The van der Waals surface area contributed by atoms with E-state index in [1.165, 1.54) is 0 Å². The van der Waals surface area contributed by atoms with Crippen LogP contribution in [0.4, 0.5) is 0 Å². The van der Waals surface area contributed by atoms with Gasteiger partial charge in [-0.25, -0.2) is 4.79 Å². The molecule has 0 saturated heterocycles. The molecule has 0 unspecified atom stereocenters. The molecule has 88 valence electrons. The quantitative estimate of drug-likeness (QED) is 0.379. The van der Waals surface area contributed by atoms with Gasteiger partial charge in [-0.2, -0.15) is 5.53 Å². The highest BCUT2D eigenvalue weighted by atomic mass is 16.6. The Bertz CT molecular complexity index is 199. The molecule has 0 heterocycles. The molecule has 0 atom stereocenters.